The first kappa shape index (κ1) is 16.6. The molecule has 1 heterocycles. The standard InChI is InChI=1S/C20H22ClNS/c1-3-22(4-2)13-7-9-16-17-8-5-6-10-19(17)23-20-12-11-15(21)14-18(16)20/h5-6,8-12,14H,3-4,7,13H2,1-2H3/b16-9-. The third-order valence-corrected chi connectivity index (χ3v) is 5.70. The first-order valence-electron chi connectivity index (χ1n) is 8.22. The maximum atomic E-state index is 6.25. The maximum Gasteiger partial charge on any atom is 0.0412 e. The predicted molar refractivity (Wildman–Crippen MR) is 102 cm³/mol. The van der Waals surface area contributed by atoms with Gasteiger partial charge in [-0.25, -0.2) is 0 Å². The van der Waals surface area contributed by atoms with Crippen LogP contribution in [0.5, 0.6) is 0 Å². The van der Waals surface area contributed by atoms with Crippen molar-refractivity contribution in [2.24, 2.45) is 0 Å². The summed E-state index contributed by atoms with van der Waals surface area (Å²) in [5.41, 5.74) is 3.91. The van der Waals surface area contributed by atoms with Crippen LogP contribution in [0, 0.1) is 0 Å². The van der Waals surface area contributed by atoms with E-state index in [2.05, 4.69) is 61.2 Å². The van der Waals surface area contributed by atoms with Crippen LogP contribution in [-0.4, -0.2) is 24.5 Å². The maximum absolute atomic E-state index is 6.25. The third kappa shape index (κ3) is 3.65. The van der Waals surface area contributed by atoms with Crippen LogP contribution >= 0.6 is 23.4 Å². The smallest absolute Gasteiger partial charge is 0.0412 e. The SMILES string of the molecule is CCN(CC)CC/C=C1/c2ccccc2Sc2ccc(Cl)cc21. The Hall–Kier alpha value is -1.22. The van der Waals surface area contributed by atoms with Crippen molar-refractivity contribution in [2.75, 3.05) is 19.6 Å². The van der Waals surface area contributed by atoms with Gasteiger partial charge in [0.05, 0.1) is 0 Å². The highest BCUT2D eigenvalue weighted by Gasteiger charge is 2.20. The van der Waals surface area contributed by atoms with E-state index in [4.69, 9.17) is 11.6 Å². The topological polar surface area (TPSA) is 3.24 Å². The minimum atomic E-state index is 0.804. The van der Waals surface area contributed by atoms with Crippen molar-refractivity contribution in [1.82, 2.24) is 4.90 Å². The van der Waals surface area contributed by atoms with E-state index in [1.54, 1.807) is 0 Å². The average Bonchev–Trinajstić information content (AvgIpc) is 2.58. The van der Waals surface area contributed by atoms with Gasteiger partial charge in [-0.1, -0.05) is 61.5 Å². The van der Waals surface area contributed by atoms with Crippen LogP contribution in [0.2, 0.25) is 5.02 Å². The van der Waals surface area contributed by atoms with Crippen molar-refractivity contribution in [1.29, 1.82) is 0 Å². The minimum Gasteiger partial charge on any atom is -0.304 e. The third-order valence-electron chi connectivity index (χ3n) is 4.32. The van der Waals surface area contributed by atoms with E-state index in [9.17, 15) is 0 Å². The molecular formula is C20H22ClNS. The van der Waals surface area contributed by atoms with Crippen molar-refractivity contribution in [3.63, 3.8) is 0 Å². The number of benzene rings is 2. The summed E-state index contributed by atoms with van der Waals surface area (Å²) in [5, 5.41) is 0.804. The summed E-state index contributed by atoms with van der Waals surface area (Å²) in [6, 6.07) is 14.9. The van der Waals surface area contributed by atoms with Gasteiger partial charge in [-0.05, 0) is 60.5 Å². The molecule has 1 aliphatic rings. The molecule has 0 N–H and O–H groups in total. The van der Waals surface area contributed by atoms with Crippen LogP contribution in [0.15, 0.2) is 58.3 Å². The average molecular weight is 344 g/mol. The van der Waals surface area contributed by atoms with Crippen molar-refractivity contribution >= 4 is 28.9 Å². The van der Waals surface area contributed by atoms with Crippen molar-refractivity contribution in [3.8, 4) is 0 Å². The van der Waals surface area contributed by atoms with Crippen LogP contribution in [0.1, 0.15) is 31.4 Å². The van der Waals surface area contributed by atoms with Gasteiger partial charge in [0, 0.05) is 21.4 Å². The molecule has 2 aromatic carbocycles. The van der Waals surface area contributed by atoms with E-state index < -0.39 is 0 Å². The zero-order valence-corrected chi connectivity index (χ0v) is 15.3. The number of rotatable bonds is 5. The Morgan fingerprint density at radius 1 is 1.00 bits per heavy atom. The largest absolute Gasteiger partial charge is 0.304 e. The van der Waals surface area contributed by atoms with Gasteiger partial charge in [-0.3, -0.25) is 0 Å². The molecule has 0 atom stereocenters. The number of fused-ring (bicyclic) bond motifs is 2. The fourth-order valence-electron chi connectivity index (χ4n) is 2.99. The van der Waals surface area contributed by atoms with E-state index in [-0.39, 0.29) is 0 Å². The highest BCUT2D eigenvalue weighted by molar-refractivity contribution is 7.99. The molecular weight excluding hydrogens is 322 g/mol. The summed E-state index contributed by atoms with van der Waals surface area (Å²) in [6.45, 7) is 7.75. The Kier molecular flexibility index (Phi) is 5.47. The quantitative estimate of drug-likeness (QED) is 0.561. The lowest BCUT2D eigenvalue weighted by molar-refractivity contribution is 0.310. The van der Waals surface area contributed by atoms with Crippen LogP contribution in [0.3, 0.4) is 0 Å². The number of hydrogen-bond donors (Lipinski definition) is 0. The van der Waals surface area contributed by atoms with E-state index >= 15 is 0 Å². The van der Waals surface area contributed by atoms with E-state index in [0.717, 1.165) is 31.1 Å². The monoisotopic (exact) mass is 343 g/mol. The molecule has 120 valence electrons. The lowest BCUT2D eigenvalue weighted by Crippen LogP contribution is -2.23. The molecule has 2 aromatic rings. The van der Waals surface area contributed by atoms with Gasteiger partial charge >= 0.3 is 0 Å². The summed E-state index contributed by atoms with van der Waals surface area (Å²) in [6.07, 6.45) is 3.44. The molecule has 0 bridgehead atoms. The summed E-state index contributed by atoms with van der Waals surface area (Å²) in [5.74, 6) is 0. The Balaban J connectivity index is 1.96. The molecule has 0 unspecified atom stereocenters. The molecule has 3 rings (SSSR count). The van der Waals surface area contributed by atoms with Gasteiger partial charge in [-0.2, -0.15) is 0 Å². The lowest BCUT2D eigenvalue weighted by Gasteiger charge is -2.23. The van der Waals surface area contributed by atoms with Crippen LogP contribution in [0.25, 0.3) is 5.57 Å². The molecule has 0 aromatic heterocycles. The van der Waals surface area contributed by atoms with Gasteiger partial charge < -0.3 is 4.90 Å². The van der Waals surface area contributed by atoms with Crippen molar-refractivity contribution in [3.05, 3.63) is 64.7 Å². The summed E-state index contributed by atoms with van der Waals surface area (Å²) in [4.78, 5) is 5.08. The first-order chi connectivity index (χ1) is 11.2. The predicted octanol–water partition coefficient (Wildman–Crippen LogP) is 5.97. The summed E-state index contributed by atoms with van der Waals surface area (Å²) in [7, 11) is 0. The molecule has 1 nitrogen and oxygen atoms in total. The zero-order valence-electron chi connectivity index (χ0n) is 13.7. The van der Waals surface area contributed by atoms with Gasteiger partial charge in [0.1, 0.15) is 0 Å². The Bertz CT molecular complexity index is 719. The minimum absolute atomic E-state index is 0.804. The highest BCUT2D eigenvalue weighted by atomic mass is 35.5. The molecule has 0 aliphatic carbocycles. The molecule has 0 spiro atoms. The normalized spacial score (nSPS) is 14.9. The van der Waals surface area contributed by atoms with Crippen molar-refractivity contribution < 1.29 is 0 Å². The number of nitrogens with zero attached hydrogens (tertiary/aromatic N) is 1. The zero-order chi connectivity index (χ0) is 16.2. The summed E-state index contributed by atoms with van der Waals surface area (Å²) < 4.78 is 0. The van der Waals surface area contributed by atoms with Gasteiger partial charge in [-0.15, -0.1) is 0 Å². The second kappa shape index (κ2) is 7.57. The Morgan fingerprint density at radius 2 is 1.74 bits per heavy atom. The van der Waals surface area contributed by atoms with E-state index in [1.807, 2.05) is 17.8 Å². The van der Waals surface area contributed by atoms with Gasteiger partial charge in [0.15, 0.2) is 0 Å². The molecule has 1 aliphatic heterocycles. The second-order valence-corrected chi connectivity index (χ2v) is 7.19. The van der Waals surface area contributed by atoms with Crippen LogP contribution < -0.4 is 0 Å². The van der Waals surface area contributed by atoms with Gasteiger partial charge in [0.2, 0.25) is 0 Å². The lowest BCUT2D eigenvalue weighted by atomic mass is 9.96. The highest BCUT2D eigenvalue weighted by Crippen LogP contribution is 2.46. The first-order valence-corrected chi connectivity index (χ1v) is 9.42. The molecule has 0 radical (unpaired) electrons. The Morgan fingerprint density at radius 3 is 2.52 bits per heavy atom. The van der Waals surface area contributed by atoms with Crippen LogP contribution in [-0.2, 0) is 0 Å². The molecule has 0 saturated carbocycles. The fourth-order valence-corrected chi connectivity index (χ4v) is 4.25. The van der Waals surface area contributed by atoms with Crippen LogP contribution in [0.4, 0.5) is 0 Å². The Labute approximate surface area is 148 Å². The molecule has 0 amide bonds. The molecule has 23 heavy (non-hydrogen) atoms. The number of halogens is 1. The number of hydrogen-bond acceptors (Lipinski definition) is 2. The summed E-state index contributed by atoms with van der Waals surface area (Å²) >= 11 is 8.09. The second-order valence-electron chi connectivity index (χ2n) is 5.67. The molecule has 0 saturated heterocycles. The van der Waals surface area contributed by atoms with E-state index in [1.165, 1.54) is 26.5 Å². The fraction of sp³-hybridized carbons (Fsp3) is 0.300. The van der Waals surface area contributed by atoms with Gasteiger partial charge in [0.25, 0.3) is 0 Å². The van der Waals surface area contributed by atoms with E-state index in [0.29, 0.717) is 0 Å². The van der Waals surface area contributed by atoms with Crippen molar-refractivity contribution in [2.45, 2.75) is 30.1 Å². The molecule has 3 heteroatoms. The molecule has 0 fully saturated rings.